The zero-order chi connectivity index (χ0) is 47.0. The van der Waals surface area contributed by atoms with Crippen molar-refractivity contribution >= 4 is 86.3 Å². The molecule has 0 N–H and O–H groups in total. The van der Waals surface area contributed by atoms with E-state index in [-0.39, 0.29) is 11.1 Å². The Hall–Kier alpha value is 1.61. The molecule has 356 valence electrons. The van der Waals surface area contributed by atoms with Gasteiger partial charge in [0.2, 0.25) is 0 Å². The summed E-state index contributed by atoms with van der Waals surface area (Å²) in [5.41, 5.74) is 0.289. The summed E-state index contributed by atoms with van der Waals surface area (Å²) in [7, 11) is -14.1. The minimum Gasteiger partial charge on any atom is -0.440 e. The first kappa shape index (κ1) is 60.6. The Morgan fingerprint density at radius 1 is 0.492 bits per heavy atom. The molecule has 1 rings (SSSR count). The molecule has 1 heterocycles. The highest BCUT2D eigenvalue weighted by molar-refractivity contribution is 6.90. The molecule has 1 aliphatic heterocycles. The van der Waals surface area contributed by atoms with E-state index >= 15 is 0 Å². The zero-order valence-electron chi connectivity index (χ0n) is 42.9. The average molecular weight is 1020 g/mol. The highest BCUT2D eigenvalue weighted by Crippen LogP contribution is 2.38. The second-order valence-corrected chi connectivity index (χ2v) is 55.4. The molecule has 0 aromatic rings. The van der Waals surface area contributed by atoms with Crippen LogP contribution < -0.4 is 0 Å². The summed E-state index contributed by atoms with van der Waals surface area (Å²) in [4.78, 5) is 2.50. The van der Waals surface area contributed by atoms with Gasteiger partial charge in [0.05, 0.1) is 6.10 Å². The smallest absolute Gasteiger partial charge is 0.440 e. The van der Waals surface area contributed by atoms with E-state index in [4.69, 9.17) is 55.4 Å². The van der Waals surface area contributed by atoms with E-state index in [1.807, 2.05) is 52.4 Å². The molecule has 0 aliphatic carbocycles. The number of ether oxygens (including phenoxy) is 1. The summed E-state index contributed by atoms with van der Waals surface area (Å²) in [6.45, 7) is 47.4. The predicted octanol–water partition coefficient (Wildman–Crippen LogP) is 9.29. The van der Waals surface area contributed by atoms with Gasteiger partial charge in [0, 0.05) is 59.2 Å². The van der Waals surface area contributed by atoms with Gasteiger partial charge >= 0.3 is 69.0 Å². The van der Waals surface area contributed by atoms with Crippen molar-refractivity contribution in [3.63, 3.8) is 0 Å². The van der Waals surface area contributed by atoms with Crippen LogP contribution in [-0.2, 0) is 55.4 Å². The maximum absolute atomic E-state index is 6.77. The molecule has 0 radical (unpaired) electrons. The maximum atomic E-state index is 6.77. The summed E-state index contributed by atoms with van der Waals surface area (Å²) in [6.07, 6.45) is 3.45. The predicted molar refractivity (Wildman–Crippen MR) is 266 cm³/mol. The largest absolute Gasteiger partial charge is 0.488 e. The van der Waals surface area contributed by atoms with Crippen molar-refractivity contribution in [1.29, 1.82) is 0 Å². The first-order valence-corrected chi connectivity index (χ1v) is 48.4. The molecule has 1 aliphatic rings. The Morgan fingerprint density at radius 3 is 1.12 bits per heavy atom. The topological polar surface area (TPSA) is 123 Å². The van der Waals surface area contributed by atoms with Crippen LogP contribution in [0, 0.1) is 0 Å². The highest BCUT2D eigenvalue weighted by atomic mass is 28.5. The van der Waals surface area contributed by atoms with Crippen LogP contribution in [0.1, 0.15) is 47.0 Å². The van der Waals surface area contributed by atoms with Crippen LogP contribution in [-0.4, -0.2) is 151 Å². The molecular formula is C35H93NO13Si10. The monoisotopic (exact) mass is 1020 g/mol. The van der Waals surface area contributed by atoms with Crippen LogP contribution in [0.2, 0.25) is 124 Å². The van der Waals surface area contributed by atoms with Crippen LogP contribution in [0.4, 0.5) is 0 Å². The van der Waals surface area contributed by atoms with Crippen LogP contribution in [0.25, 0.3) is 0 Å². The lowest BCUT2D eigenvalue weighted by molar-refractivity contribution is -0.0912. The van der Waals surface area contributed by atoms with Crippen molar-refractivity contribution in [3.8, 4) is 0 Å². The summed E-state index contributed by atoms with van der Waals surface area (Å²) >= 11 is 0. The first-order chi connectivity index (χ1) is 26.0. The molecular weight excluding hydrogens is 923 g/mol. The zero-order valence-corrected chi connectivity index (χ0v) is 53.1. The van der Waals surface area contributed by atoms with Crippen molar-refractivity contribution in [2.45, 2.75) is 188 Å². The minimum absolute atomic E-state index is 0.145. The van der Waals surface area contributed by atoms with Crippen LogP contribution in [0.15, 0.2) is 0 Å². The SMILES string of the molecule is CO[Si](C)(OC)O[Si](C)(C)O[Si](C)(C)O[Si](C)(C)O[SiH](C)C.CO[Si](C)(OC)O[Si](C)(C)O[Si](C)(C)O[Si](C)(C)O[Si](C)(C)CCCOC1CC(C)(C)N(C)C(C)(C)C1. The van der Waals surface area contributed by atoms with Gasteiger partial charge < -0.3 is 55.4 Å². The Balaban J connectivity index is 0.00000130. The van der Waals surface area contributed by atoms with E-state index in [1.165, 1.54) is 0 Å². The Bertz CT molecular complexity index is 1230. The van der Waals surface area contributed by atoms with Crippen molar-refractivity contribution < 1.29 is 55.4 Å². The third kappa shape index (κ3) is 24.1. The van der Waals surface area contributed by atoms with E-state index in [1.54, 1.807) is 28.4 Å². The average Bonchev–Trinajstić information content (AvgIpc) is 2.97. The molecule has 0 amide bonds. The van der Waals surface area contributed by atoms with Crippen LogP contribution in [0.5, 0.6) is 0 Å². The van der Waals surface area contributed by atoms with Gasteiger partial charge in [-0.3, -0.25) is 4.90 Å². The quantitative estimate of drug-likeness (QED) is 0.0638. The van der Waals surface area contributed by atoms with E-state index in [0.717, 1.165) is 31.9 Å². The fourth-order valence-corrected chi connectivity index (χ4v) is 50.5. The van der Waals surface area contributed by atoms with Gasteiger partial charge in [-0.1, -0.05) is 0 Å². The van der Waals surface area contributed by atoms with E-state index in [0.29, 0.717) is 6.10 Å². The molecule has 0 bridgehead atoms. The number of rotatable bonds is 25. The second-order valence-electron chi connectivity index (χ2n) is 20.8. The van der Waals surface area contributed by atoms with Crippen molar-refractivity contribution in [3.05, 3.63) is 0 Å². The van der Waals surface area contributed by atoms with Gasteiger partial charge in [-0.2, -0.15) is 0 Å². The molecule has 14 nitrogen and oxygen atoms in total. The number of nitrogens with zero attached hydrogens (tertiary/aromatic N) is 1. The third-order valence-electron chi connectivity index (χ3n) is 9.90. The molecule has 1 fully saturated rings. The molecule has 59 heavy (non-hydrogen) atoms. The van der Waals surface area contributed by atoms with E-state index in [2.05, 4.69) is 105 Å². The van der Waals surface area contributed by atoms with Gasteiger partial charge in [-0.25, -0.2) is 0 Å². The Morgan fingerprint density at radius 2 is 0.797 bits per heavy atom. The molecule has 0 aromatic carbocycles. The first-order valence-electron chi connectivity index (χ1n) is 21.2. The summed E-state index contributed by atoms with van der Waals surface area (Å²) < 4.78 is 79.3. The molecule has 0 atom stereocenters. The highest BCUT2D eigenvalue weighted by Gasteiger charge is 2.49. The lowest BCUT2D eigenvalue weighted by Gasteiger charge is -2.53. The van der Waals surface area contributed by atoms with E-state index in [9.17, 15) is 0 Å². The van der Waals surface area contributed by atoms with E-state index < -0.39 is 86.3 Å². The molecule has 0 aromatic heterocycles. The Labute approximate surface area is 374 Å². The van der Waals surface area contributed by atoms with Gasteiger partial charge in [-0.15, -0.1) is 0 Å². The number of piperidine rings is 1. The van der Waals surface area contributed by atoms with Gasteiger partial charge in [0.15, 0.2) is 17.4 Å². The number of hydrogen-bond donors (Lipinski definition) is 0. The van der Waals surface area contributed by atoms with Gasteiger partial charge in [-0.05, 0) is 165 Å². The molecule has 0 spiro atoms. The maximum Gasteiger partial charge on any atom is 0.488 e. The number of likely N-dealkylation sites (tertiary alicyclic amines) is 1. The molecule has 24 heteroatoms. The summed E-state index contributed by atoms with van der Waals surface area (Å²) in [6, 6.07) is 1.05. The summed E-state index contributed by atoms with van der Waals surface area (Å²) in [5, 5.41) is 0. The fraction of sp³-hybridized carbons (Fsp3) is 1.00. The Kier molecular flexibility index (Phi) is 23.5. The van der Waals surface area contributed by atoms with Crippen LogP contribution >= 0.6 is 0 Å². The second kappa shape index (κ2) is 22.9. The third-order valence-corrected chi connectivity index (χ3v) is 45.4. The van der Waals surface area contributed by atoms with Crippen molar-refractivity contribution in [2.24, 2.45) is 0 Å². The fourth-order valence-electron chi connectivity index (χ4n) is 8.15. The summed E-state index contributed by atoms with van der Waals surface area (Å²) in [5.74, 6) is 0. The molecule has 0 saturated carbocycles. The normalized spacial score (nSPS) is 18.3. The van der Waals surface area contributed by atoms with Gasteiger partial charge in [0.25, 0.3) is 0 Å². The van der Waals surface area contributed by atoms with Crippen LogP contribution in [0.3, 0.4) is 0 Å². The van der Waals surface area contributed by atoms with Gasteiger partial charge in [0.1, 0.15) is 0 Å². The number of hydrogen-bond acceptors (Lipinski definition) is 14. The minimum atomic E-state index is -2.70. The standard InChI is InChI=1S/C24H59NO7Si5.C11H34O6Si5/c1-23(2)20-22(21-24(3,4)25(23)5)28-18-17-19-33(8,9)29-34(10,11)30-35(12,13)31-36(14,15)32-37(16,26-6)27-7;1-12-22(11,13-2)17-21(9,10)16-20(7,8)15-19(5,6)14-18(3)4/h22H,17-21H2,1-16H3;18H,1-11H3. The lowest BCUT2D eigenvalue weighted by Crippen LogP contribution is -2.60. The molecule has 0 unspecified atom stereocenters. The van der Waals surface area contributed by atoms with Crippen molar-refractivity contribution in [1.82, 2.24) is 4.90 Å². The van der Waals surface area contributed by atoms with Crippen molar-refractivity contribution in [2.75, 3.05) is 42.1 Å². The lowest BCUT2D eigenvalue weighted by atomic mass is 9.79. The molecule has 1 saturated heterocycles.